The number of carbonyl (C=O) groups excluding carboxylic acids is 2. The molecule has 140 valence electrons. The molecule has 0 atom stereocenters. The topological polar surface area (TPSA) is 78.6 Å². The van der Waals surface area contributed by atoms with Crippen LogP contribution in [0.25, 0.3) is 0 Å². The van der Waals surface area contributed by atoms with Crippen molar-refractivity contribution in [1.82, 2.24) is 5.16 Å². The molecular formula is C20H19NO5S. The standard InChI is InChI=1S/C20H19NO5S/c1-13-17(14(2)26-21-13)11-24-16-7-5-15(6-8-16)10-20(23)25-12-18(22)19-4-3-9-27-19/h3-9H,10-12H2,1-2H3. The van der Waals surface area contributed by atoms with E-state index >= 15 is 0 Å². The Balaban J connectivity index is 1.47. The largest absolute Gasteiger partial charge is 0.489 e. The van der Waals surface area contributed by atoms with Crippen LogP contribution in [0.4, 0.5) is 0 Å². The van der Waals surface area contributed by atoms with E-state index in [4.69, 9.17) is 14.0 Å². The number of thiophene rings is 1. The highest BCUT2D eigenvalue weighted by Gasteiger charge is 2.12. The summed E-state index contributed by atoms with van der Waals surface area (Å²) in [7, 11) is 0. The third-order valence-electron chi connectivity index (χ3n) is 4.00. The smallest absolute Gasteiger partial charge is 0.310 e. The molecule has 2 heterocycles. The van der Waals surface area contributed by atoms with E-state index in [0.29, 0.717) is 17.2 Å². The molecule has 2 aromatic heterocycles. The van der Waals surface area contributed by atoms with Gasteiger partial charge in [-0.25, -0.2) is 0 Å². The molecule has 0 saturated carbocycles. The van der Waals surface area contributed by atoms with Crippen LogP contribution in [0.2, 0.25) is 0 Å². The van der Waals surface area contributed by atoms with Crippen LogP contribution in [0.5, 0.6) is 5.75 Å². The number of aryl methyl sites for hydroxylation is 2. The van der Waals surface area contributed by atoms with Crippen molar-refractivity contribution in [2.24, 2.45) is 0 Å². The molecule has 0 N–H and O–H groups in total. The summed E-state index contributed by atoms with van der Waals surface area (Å²) < 4.78 is 15.9. The van der Waals surface area contributed by atoms with Crippen LogP contribution < -0.4 is 4.74 Å². The summed E-state index contributed by atoms with van der Waals surface area (Å²) in [6, 6.07) is 10.7. The van der Waals surface area contributed by atoms with Gasteiger partial charge in [0.1, 0.15) is 18.1 Å². The molecule has 1 aromatic carbocycles. The first-order valence-electron chi connectivity index (χ1n) is 8.38. The first-order chi connectivity index (χ1) is 13.0. The van der Waals surface area contributed by atoms with E-state index in [1.54, 1.807) is 36.4 Å². The van der Waals surface area contributed by atoms with E-state index in [9.17, 15) is 9.59 Å². The van der Waals surface area contributed by atoms with Crippen molar-refractivity contribution in [3.05, 3.63) is 69.2 Å². The maximum absolute atomic E-state index is 11.9. The number of hydrogen-bond acceptors (Lipinski definition) is 7. The maximum atomic E-state index is 11.9. The van der Waals surface area contributed by atoms with Crippen LogP contribution in [0.15, 0.2) is 46.3 Å². The van der Waals surface area contributed by atoms with Crippen molar-refractivity contribution in [1.29, 1.82) is 0 Å². The van der Waals surface area contributed by atoms with Gasteiger partial charge in [0.05, 0.1) is 22.6 Å². The second-order valence-electron chi connectivity index (χ2n) is 5.97. The Hall–Kier alpha value is -2.93. The molecule has 6 nitrogen and oxygen atoms in total. The number of benzene rings is 1. The van der Waals surface area contributed by atoms with Crippen LogP contribution >= 0.6 is 11.3 Å². The van der Waals surface area contributed by atoms with E-state index in [1.165, 1.54) is 11.3 Å². The molecule has 0 saturated heterocycles. The molecule has 3 rings (SSSR count). The molecule has 0 spiro atoms. The van der Waals surface area contributed by atoms with Gasteiger partial charge in [0.25, 0.3) is 0 Å². The summed E-state index contributed by atoms with van der Waals surface area (Å²) in [5, 5.41) is 5.70. The van der Waals surface area contributed by atoms with Crippen LogP contribution in [-0.4, -0.2) is 23.5 Å². The van der Waals surface area contributed by atoms with Crippen molar-refractivity contribution in [3.8, 4) is 5.75 Å². The number of nitrogens with zero attached hydrogens (tertiary/aromatic N) is 1. The monoisotopic (exact) mass is 385 g/mol. The highest BCUT2D eigenvalue weighted by atomic mass is 32.1. The van der Waals surface area contributed by atoms with Crippen LogP contribution in [0.1, 0.15) is 32.3 Å². The minimum Gasteiger partial charge on any atom is -0.489 e. The van der Waals surface area contributed by atoms with Gasteiger partial charge in [0.15, 0.2) is 6.61 Å². The lowest BCUT2D eigenvalue weighted by molar-refractivity contribution is -0.141. The average molecular weight is 385 g/mol. The Morgan fingerprint density at radius 3 is 2.56 bits per heavy atom. The third-order valence-corrected chi connectivity index (χ3v) is 4.91. The zero-order valence-corrected chi connectivity index (χ0v) is 15.9. The Morgan fingerprint density at radius 2 is 1.93 bits per heavy atom. The molecule has 0 fully saturated rings. The zero-order chi connectivity index (χ0) is 19.2. The molecule has 27 heavy (non-hydrogen) atoms. The summed E-state index contributed by atoms with van der Waals surface area (Å²) in [5.74, 6) is 0.787. The Morgan fingerprint density at radius 1 is 1.15 bits per heavy atom. The van der Waals surface area contributed by atoms with Crippen molar-refractivity contribution >= 4 is 23.1 Å². The molecular weight excluding hydrogens is 366 g/mol. The quantitative estimate of drug-likeness (QED) is 0.432. The van der Waals surface area contributed by atoms with Gasteiger partial charge < -0.3 is 14.0 Å². The number of ether oxygens (including phenoxy) is 2. The third kappa shape index (κ3) is 5.04. The second-order valence-corrected chi connectivity index (χ2v) is 6.92. The average Bonchev–Trinajstić information content (AvgIpc) is 3.30. The lowest BCUT2D eigenvalue weighted by Crippen LogP contribution is -2.14. The lowest BCUT2D eigenvalue weighted by atomic mass is 10.1. The molecule has 7 heteroatoms. The van der Waals surface area contributed by atoms with Gasteiger partial charge >= 0.3 is 5.97 Å². The number of carbonyl (C=O) groups is 2. The first-order valence-corrected chi connectivity index (χ1v) is 9.26. The van der Waals surface area contributed by atoms with E-state index in [2.05, 4.69) is 5.16 Å². The molecule has 3 aromatic rings. The fourth-order valence-electron chi connectivity index (χ4n) is 2.44. The van der Waals surface area contributed by atoms with Gasteiger partial charge in [-0.1, -0.05) is 23.4 Å². The lowest BCUT2D eigenvalue weighted by Gasteiger charge is -2.07. The number of esters is 1. The Bertz CT molecular complexity index is 893. The van der Waals surface area contributed by atoms with E-state index in [1.807, 2.05) is 19.2 Å². The maximum Gasteiger partial charge on any atom is 0.310 e. The summed E-state index contributed by atoms with van der Waals surface area (Å²) in [6.45, 7) is 3.84. The minimum atomic E-state index is -0.440. The Labute approximate surface area is 160 Å². The normalized spacial score (nSPS) is 10.6. The molecule has 0 radical (unpaired) electrons. The van der Waals surface area contributed by atoms with Gasteiger partial charge in [-0.2, -0.15) is 0 Å². The molecule has 0 bridgehead atoms. The van der Waals surface area contributed by atoms with E-state index in [0.717, 1.165) is 22.6 Å². The first kappa shape index (κ1) is 18.8. The summed E-state index contributed by atoms with van der Waals surface area (Å²) in [5.41, 5.74) is 2.52. The van der Waals surface area contributed by atoms with Gasteiger partial charge in [-0.15, -0.1) is 11.3 Å². The van der Waals surface area contributed by atoms with Crippen LogP contribution in [0, 0.1) is 13.8 Å². The van der Waals surface area contributed by atoms with Crippen LogP contribution in [0.3, 0.4) is 0 Å². The Kier molecular flexibility index (Phi) is 6.03. The fourth-order valence-corrected chi connectivity index (χ4v) is 3.09. The van der Waals surface area contributed by atoms with E-state index < -0.39 is 5.97 Å². The minimum absolute atomic E-state index is 0.0991. The van der Waals surface area contributed by atoms with Gasteiger partial charge in [0, 0.05) is 0 Å². The number of hydrogen-bond donors (Lipinski definition) is 0. The SMILES string of the molecule is Cc1noc(C)c1COc1ccc(CC(=O)OCC(=O)c2cccs2)cc1. The molecule has 0 aliphatic rings. The number of Topliss-reactive ketones (excluding diaryl/α,β-unsaturated/α-hetero) is 1. The van der Waals surface area contributed by atoms with Gasteiger partial charge in [-0.05, 0) is 43.0 Å². The predicted molar refractivity (Wildman–Crippen MR) is 100 cm³/mol. The number of rotatable bonds is 8. The zero-order valence-electron chi connectivity index (χ0n) is 15.1. The van der Waals surface area contributed by atoms with Gasteiger partial charge in [-0.3, -0.25) is 9.59 Å². The van der Waals surface area contributed by atoms with Crippen molar-refractivity contribution in [3.63, 3.8) is 0 Å². The number of ketones is 1. The predicted octanol–water partition coefficient (Wildman–Crippen LogP) is 3.90. The molecule has 0 unspecified atom stereocenters. The number of aromatic nitrogens is 1. The fraction of sp³-hybridized carbons (Fsp3) is 0.250. The molecule has 0 amide bonds. The van der Waals surface area contributed by atoms with Crippen molar-refractivity contribution in [2.45, 2.75) is 26.9 Å². The van der Waals surface area contributed by atoms with Crippen LogP contribution in [-0.2, 0) is 22.6 Å². The highest BCUT2D eigenvalue weighted by molar-refractivity contribution is 7.12. The summed E-state index contributed by atoms with van der Waals surface area (Å²) in [4.78, 5) is 24.3. The van der Waals surface area contributed by atoms with Crippen molar-refractivity contribution < 1.29 is 23.6 Å². The highest BCUT2D eigenvalue weighted by Crippen LogP contribution is 2.18. The summed E-state index contributed by atoms with van der Waals surface area (Å²) >= 11 is 1.33. The summed E-state index contributed by atoms with van der Waals surface area (Å²) in [6.07, 6.45) is 0.0991. The van der Waals surface area contributed by atoms with Gasteiger partial charge in [0.2, 0.25) is 5.78 Å². The van der Waals surface area contributed by atoms with E-state index in [-0.39, 0.29) is 18.8 Å². The van der Waals surface area contributed by atoms with Crippen molar-refractivity contribution in [2.75, 3.05) is 6.61 Å². The molecule has 0 aliphatic heterocycles. The second kappa shape index (κ2) is 8.64. The molecule has 0 aliphatic carbocycles.